The number of carbonyl (C=O) groups is 1. The van der Waals surface area contributed by atoms with E-state index in [1.807, 2.05) is 64.2 Å². The van der Waals surface area contributed by atoms with Crippen LogP contribution in [0.4, 0.5) is 5.69 Å². The standard InChI is InChI=1S/C23H19Cl3N2OS/c24-18-4-2-17(3-5-18)22-14-27(23(29)8-1-16-9-12-30-15-16)10-11-28(22)21-7-6-19(25)13-20(21)26/h1-9,12-13,15,22H,10-11,14H2. The van der Waals surface area contributed by atoms with E-state index in [1.165, 1.54) is 0 Å². The van der Waals surface area contributed by atoms with Crippen molar-refractivity contribution in [3.8, 4) is 0 Å². The molecule has 2 aromatic carbocycles. The van der Waals surface area contributed by atoms with E-state index in [4.69, 9.17) is 34.8 Å². The number of anilines is 1. The molecule has 1 amide bonds. The second-order valence-electron chi connectivity index (χ2n) is 7.03. The van der Waals surface area contributed by atoms with Gasteiger partial charge in [0.2, 0.25) is 5.91 Å². The second-order valence-corrected chi connectivity index (χ2v) is 9.09. The van der Waals surface area contributed by atoms with Crippen LogP contribution in [0.3, 0.4) is 0 Å². The first-order valence-corrected chi connectivity index (χ1v) is 11.6. The van der Waals surface area contributed by atoms with Gasteiger partial charge < -0.3 is 9.80 Å². The van der Waals surface area contributed by atoms with Gasteiger partial charge in [-0.05, 0) is 64.4 Å². The molecule has 7 heteroatoms. The van der Waals surface area contributed by atoms with Crippen molar-refractivity contribution < 1.29 is 4.79 Å². The van der Waals surface area contributed by atoms with Crippen LogP contribution in [-0.4, -0.2) is 30.4 Å². The number of amides is 1. The minimum absolute atomic E-state index is 0.00187. The molecule has 1 aliphatic rings. The molecule has 1 atom stereocenters. The smallest absolute Gasteiger partial charge is 0.246 e. The lowest BCUT2D eigenvalue weighted by Crippen LogP contribution is -2.50. The fourth-order valence-corrected chi connectivity index (χ4v) is 4.87. The van der Waals surface area contributed by atoms with E-state index < -0.39 is 0 Å². The molecule has 1 aliphatic heterocycles. The van der Waals surface area contributed by atoms with Gasteiger partial charge in [-0.25, -0.2) is 0 Å². The average molecular weight is 478 g/mol. The number of piperazine rings is 1. The zero-order valence-electron chi connectivity index (χ0n) is 16.0. The molecule has 154 valence electrons. The average Bonchev–Trinajstić information content (AvgIpc) is 3.26. The van der Waals surface area contributed by atoms with E-state index in [1.54, 1.807) is 23.5 Å². The van der Waals surface area contributed by atoms with Gasteiger partial charge in [0, 0.05) is 35.8 Å². The highest BCUT2D eigenvalue weighted by atomic mass is 35.5. The Bertz CT molecular complexity index is 1050. The van der Waals surface area contributed by atoms with Crippen molar-refractivity contribution in [3.05, 3.63) is 91.6 Å². The summed E-state index contributed by atoms with van der Waals surface area (Å²) in [6.45, 7) is 1.82. The van der Waals surface area contributed by atoms with Crippen molar-refractivity contribution in [2.45, 2.75) is 6.04 Å². The Morgan fingerprint density at radius 1 is 1.00 bits per heavy atom. The Morgan fingerprint density at radius 2 is 1.77 bits per heavy atom. The Hall–Kier alpha value is -1.98. The van der Waals surface area contributed by atoms with Crippen LogP contribution in [0.5, 0.6) is 0 Å². The topological polar surface area (TPSA) is 23.6 Å². The number of halogens is 3. The number of hydrogen-bond donors (Lipinski definition) is 0. The van der Waals surface area contributed by atoms with E-state index >= 15 is 0 Å². The summed E-state index contributed by atoms with van der Waals surface area (Å²) in [5, 5.41) is 5.88. The van der Waals surface area contributed by atoms with Gasteiger partial charge in [0.1, 0.15) is 0 Å². The molecule has 3 nitrogen and oxygen atoms in total. The maximum Gasteiger partial charge on any atom is 0.246 e. The lowest BCUT2D eigenvalue weighted by molar-refractivity contribution is -0.126. The van der Waals surface area contributed by atoms with Crippen molar-refractivity contribution in [2.24, 2.45) is 0 Å². The van der Waals surface area contributed by atoms with E-state index in [0.29, 0.717) is 34.7 Å². The van der Waals surface area contributed by atoms with Gasteiger partial charge in [-0.1, -0.05) is 46.9 Å². The molecule has 0 bridgehead atoms. The summed E-state index contributed by atoms with van der Waals surface area (Å²) in [7, 11) is 0. The molecule has 1 fully saturated rings. The fraction of sp³-hybridized carbons (Fsp3) is 0.174. The van der Waals surface area contributed by atoms with Crippen LogP contribution in [0.1, 0.15) is 17.2 Å². The molecule has 1 unspecified atom stereocenters. The van der Waals surface area contributed by atoms with Gasteiger partial charge in [0.25, 0.3) is 0 Å². The largest absolute Gasteiger partial charge is 0.360 e. The minimum Gasteiger partial charge on any atom is -0.360 e. The SMILES string of the molecule is O=C(C=Cc1ccsc1)N1CCN(c2ccc(Cl)cc2Cl)C(c2ccc(Cl)cc2)C1. The van der Waals surface area contributed by atoms with Crippen molar-refractivity contribution in [1.29, 1.82) is 0 Å². The first kappa shape index (κ1) is 21.3. The Labute approximate surface area is 195 Å². The molecule has 1 saturated heterocycles. The predicted molar refractivity (Wildman–Crippen MR) is 128 cm³/mol. The monoisotopic (exact) mass is 476 g/mol. The van der Waals surface area contributed by atoms with E-state index in [0.717, 1.165) is 16.8 Å². The molecule has 0 aliphatic carbocycles. The normalized spacial score (nSPS) is 17.0. The number of thiophene rings is 1. The first-order valence-electron chi connectivity index (χ1n) is 9.47. The summed E-state index contributed by atoms with van der Waals surface area (Å²) < 4.78 is 0. The van der Waals surface area contributed by atoms with Crippen LogP contribution >= 0.6 is 46.1 Å². The molecule has 1 aromatic heterocycles. The number of hydrogen-bond acceptors (Lipinski definition) is 3. The first-order chi connectivity index (χ1) is 14.5. The van der Waals surface area contributed by atoms with Crippen molar-refractivity contribution in [1.82, 2.24) is 4.90 Å². The molecular formula is C23H19Cl3N2OS. The van der Waals surface area contributed by atoms with Gasteiger partial charge in [0.05, 0.1) is 16.8 Å². The zero-order chi connectivity index (χ0) is 21.1. The van der Waals surface area contributed by atoms with Crippen LogP contribution in [0.25, 0.3) is 6.08 Å². The third kappa shape index (κ3) is 4.84. The van der Waals surface area contributed by atoms with Gasteiger partial charge in [-0.3, -0.25) is 4.79 Å². The number of carbonyl (C=O) groups excluding carboxylic acids is 1. The summed E-state index contributed by atoms with van der Waals surface area (Å²) in [5.41, 5.74) is 3.01. The molecule has 0 spiro atoms. The van der Waals surface area contributed by atoms with Crippen molar-refractivity contribution in [3.63, 3.8) is 0 Å². The molecule has 0 saturated carbocycles. The highest BCUT2D eigenvalue weighted by molar-refractivity contribution is 7.08. The van der Waals surface area contributed by atoms with Gasteiger partial charge in [-0.2, -0.15) is 11.3 Å². The van der Waals surface area contributed by atoms with Gasteiger partial charge in [0.15, 0.2) is 0 Å². The van der Waals surface area contributed by atoms with Crippen LogP contribution < -0.4 is 4.90 Å². The lowest BCUT2D eigenvalue weighted by atomic mass is 10.0. The molecule has 0 N–H and O–H groups in total. The molecular weight excluding hydrogens is 459 g/mol. The summed E-state index contributed by atoms with van der Waals surface area (Å²) in [4.78, 5) is 16.9. The van der Waals surface area contributed by atoms with Crippen LogP contribution in [0.2, 0.25) is 15.1 Å². The van der Waals surface area contributed by atoms with Crippen molar-refractivity contribution >= 4 is 63.8 Å². The van der Waals surface area contributed by atoms with Gasteiger partial charge in [-0.15, -0.1) is 0 Å². The number of nitrogens with zero attached hydrogens (tertiary/aromatic N) is 2. The Kier molecular flexibility index (Phi) is 6.69. The van der Waals surface area contributed by atoms with E-state index in [-0.39, 0.29) is 11.9 Å². The Balaban J connectivity index is 1.61. The minimum atomic E-state index is -0.0480. The summed E-state index contributed by atoms with van der Waals surface area (Å²) in [5.74, 6) is 0.00187. The predicted octanol–water partition coefficient (Wildman–Crippen LogP) is 6.81. The van der Waals surface area contributed by atoms with Crippen LogP contribution in [-0.2, 0) is 4.79 Å². The second kappa shape index (κ2) is 9.44. The highest BCUT2D eigenvalue weighted by Gasteiger charge is 2.31. The third-order valence-electron chi connectivity index (χ3n) is 5.13. The lowest BCUT2D eigenvalue weighted by Gasteiger charge is -2.43. The van der Waals surface area contributed by atoms with Gasteiger partial charge >= 0.3 is 0 Å². The number of rotatable bonds is 4. The maximum atomic E-state index is 12.8. The molecule has 2 heterocycles. The summed E-state index contributed by atoms with van der Waals surface area (Å²) in [6.07, 6.45) is 3.50. The zero-order valence-corrected chi connectivity index (χ0v) is 19.1. The number of benzene rings is 2. The van der Waals surface area contributed by atoms with Crippen LogP contribution in [0, 0.1) is 0 Å². The van der Waals surface area contributed by atoms with E-state index in [9.17, 15) is 4.79 Å². The molecule has 3 aromatic rings. The Morgan fingerprint density at radius 3 is 2.47 bits per heavy atom. The quantitative estimate of drug-likeness (QED) is 0.385. The highest BCUT2D eigenvalue weighted by Crippen LogP contribution is 2.36. The fourth-order valence-electron chi connectivity index (χ4n) is 3.60. The maximum absolute atomic E-state index is 12.8. The molecule has 30 heavy (non-hydrogen) atoms. The van der Waals surface area contributed by atoms with Crippen LogP contribution in [0.15, 0.2) is 65.4 Å². The van der Waals surface area contributed by atoms with Crippen molar-refractivity contribution in [2.75, 3.05) is 24.5 Å². The summed E-state index contributed by atoms with van der Waals surface area (Å²) in [6, 6.07) is 15.2. The van der Waals surface area contributed by atoms with E-state index in [2.05, 4.69) is 4.90 Å². The third-order valence-corrected chi connectivity index (χ3v) is 6.62. The molecule has 0 radical (unpaired) electrons. The molecule has 4 rings (SSSR count). The summed E-state index contributed by atoms with van der Waals surface area (Å²) >= 11 is 20.3.